The second-order valence-electron chi connectivity index (χ2n) is 3.14. The standard InChI is InChI=1S/C11H12O4/c1-3-9(13)8-5-10(14)11(15-2)4-7(8)6-12/h4-7H,3H2,1-2H3. The molecular formula is C11H12O4. The van der Waals surface area contributed by atoms with E-state index in [4.69, 9.17) is 4.74 Å². The van der Waals surface area contributed by atoms with Crippen LogP contribution in [0.4, 0.5) is 0 Å². The molecule has 1 aliphatic carbocycles. The Morgan fingerprint density at radius 2 is 2.27 bits per heavy atom. The van der Waals surface area contributed by atoms with Gasteiger partial charge in [-0.05, 0) is 12.2 Å². The van der Waals surface area contributed by atoms with Gasteiger partial charge in [-0.3, -0.25) is 9.59 Å². The third kappa shape index (κ3) is 2.21. The maximum Gasteiger partial charge on any atom is 0.220 e. The molecule has 0 bridgehead atoms. The molecule has 0 N–H and O–H groups in total. The lowest BCUT2D eigenvalue weighted by molar-refractivity contribution is -0.119. The Labute approximate surface area is 87.6 Å². The van der Waals surface area contributed by atoms with E-state index in [1.165, 1.54) is 19.3 Å². The predicted octanol–water partition coefficient (Wildman–Crippen LogP) is 0.820. The number of allylic oxidation sites excluding steroid dienone is 3. The van der Waals surface area contributed by atoms with Gasteiger partial charge in [0.2, 0.25) is 5.78 Å². The summed E-state index contributed by atoms with van der Waals surface area (Å²) in [4.78, 5) is 33.6. The van der Waals surface area contributed by atoms with Crippen LogP contribution in [-0.2, 0) is 19.1 Å². The smallest absolute Gasteiger partial charge is 0.220 e. The Morgan fingerprint density at radius 3 is 2.73 bits per heavy atom. The first-order valence-electron chi connectivity index (χ1n) is 4.64. The molecule has 1 aliphatic rings. The Morgan fingerprint density at radius 1 is 1.60 bits per heavy atom. The van der Waals surface area contributed by atoms with Crippen LogP contribution in [0.5, 0.6) is 0 Å². The van der Waals surface area contributed by atoms with Crippen LogP contribution in [0.2, 0.25) is 0 Å². The average Bonchev–Trinajstić information content (AvgIpc) is 2.27. The van der Waals surface area contributed by atoms with E-state index in [0.717, 1.165) is 0 Å². The molecule has 0 aliphatic heterocycles. The summed E-state index contributed by atoms with van der Waals surface area (Å²) in [5.41, 5.74) is 0.248. The van der Waals surface area contributed by atoms with E-state index in [2.05, 4.69) is 0 Å². The highest BCUT2D eigenvalue weighted by Crippen LogP contribution is 2.21. The van der Waals surface area contributed by atoms with Crippen molar-refractivity contribution < 1.29 is 19.1 Å². The van der Waals surface area contributed by atoms with Crippen molar-refractivity contribution in [1.82, 2.24) is 0 Å². The van der Waals surface area contributed by atoms with Gasteiger partial charge in [-0.15, -0.1) is 0 Å². The zero-order valence-electron chi connectivity index (χ0n) is 8.65. The van der Waals surface area contributed by atoms with Crippen molar-refractivity contribution in [1.29, 1.82) is 0 Å². The molecular weight excluding hydrogens is 196 g/mol. The summed E-state index contributed by atoms with van der Waals surface area (Å²) >= 11 is 0. The molecule has 0 fully saturated rings. The zero-order chi connectivity index (χ0) is 11.4. The lowest BCUT2D eigenvalue weighted by Crippen LogP contribution is -2.20. The summed E-state index contributed by atoms with van der Waals surface area (Å²) in [6.07, 6.45) is 3.46. The summed E-state index contributed by atoms with van der Waals surface area (Å²) in [6, 6.07) is 0. The number of ether oxygens (including phenoxy) is 1. The fraction of sp³-hybridized carbons (Fsp3) is 0.364. The van der Waals surface area contributed by atoms with Crippen LogP contribution in [0, 0.1) is 5.92 Å². The van der Waals surface area contributed by atoms with Crippen molar-refractivity contribution in [3.8, 4) is 0 Å². The number of rotatable bonds is 4. The maximum absolute atomic E-state index is 11.4. The number of hydrogen-bond donors (Lipinski definition) is 0. The summed E-state index contributed by atoms with van der Waals surface area (Å²) in [5, 5.41) is 0. The molecule has 0 radical (unpaired) electrons. The van der Waals surface area contributed by atoms with Crippen LogP contribution in [0.25, 0.3) is 0 Å². The number of aldehydes is 1. The van der Waals surface area contributed by atoms with Gasteiger partial charge >= 0.3 is 0 Å². The maximum atomic E-state index is 11.4. The number of carbonyl (C=O) groups is 3. The quantitative estimate of drug-likeness (QED) is 0.642. The van der Waals surface area contributed by atoms with E-state index in [0.29, 0.717) is 6.29 Å². The van der Waals surface area contributed by atoms with Gasteiger partial charge in [0.15, 0.2) is 11.5 Å². The summed E-state index contributed by atoms with van der Waals surface area (Å²) in [6.45, 7) is 1.69. The number of Topliss-reactive ketones (excluding diaryl/α,β-unsaturated/α-hetero) is 1. The Bertz CT molecular complexity index is 363. The van der Waals surface area contributed by atoms with Crippen LogP contribution in [0.1, 0.15) is 13.3 Å². The minimum Gasteiger partial charge on any atom is -0.493 e. The van der Waals surface area contributed by atoms with Crippen molar-refractivity contribution in [2.45, 2.75) is 13.3 Å². The number of hydrogen-bond acceptors (Lipinski definition) is 4. The molecule has 1 unspecified atom stereocenters. The third-order valence-corrected chi connectivity index (χ3v) is 2.23. The van der Waals surface area contributed by atoms with Crippen molar-refractivity contribution >= 4 is 17.9 Å². The van der Waals surface area contributed by atoms with Crippen molar-refractivity contribution in [2.75, 3.05) is 7.11 Å². The van der Waals surface area contributed by atoms with Crippen molar-refractivity contribution in [3.63, 3.8) is 0 Å². The molecule has 0 heterocycles. The molecule has 15 heavy (non-hydrogen) atoms. The average molecular weight is 208 g/mol. The third-order valence-electron chi connectivity index (χ3n) is 2.23. The van der Waals surface area contributed by atoms with Gasteiger partial charge in [0, 0.05) is 12.0 Å². The van der Waals surface area contributed by atoms with Crippen molar-refractivity contribution in [3.05, 3.63) is 23.5 Å². The van der Waals surface area contributed by atoms with Gasteiger partial charge in [0.25, 0.3) is 0 Å². The molecule has 0 saturated heterocycles. The Balaban J connectivity index is 3.05. The van der Waals surface area contributed by atoms with Gasteiger partial charge in [-0.2, -0.15) is 0 Å². The molecule has 0 saturated carbocycles. The lowest BCUT2D eigenvalue weighted by Gasteiger charge is -2.15. The van der Waals surface area contributed by atoms with Crippen molar-refractivity contribution in [2.24, 2.45) is 5.92 Å². The summed E-state index contributed by atoms with van der Waals surface area (Å²) in [5.74, 6) is -1.11. The summed E-state index contributed by atoms with van der Waals surface area (Å²) < 4.78 is 4.79. The highest BCUT2D eigenvalue weighted by Gasteiger charge is 2.25. The summed E-state index contributed by atoms with van der Waals surface area (Å²) in [7, 11) is 1.35. The molecule has 0 aromatic heterocycles. The lowest BCUT2D eigenvalue weighted by atomic mass is 9.89. The van der Waals surface area contributed by atoms with E-state index in [1.807, 2.05) is 0 Å². The van der Waals surface area contributed by atoms with E-state index >= 15 is 0 Å². The van der Waals surface area contributed by atoms with Gasteiger partial charge in [0.1, 0.15) is 6.29 Å². The number of carbonyl (C=O) groups excluding carboxylic acids is 3. The minimum atomic E-state index is -0.662. The van der Waals surface area contributed by atoms with Crippen LogP contribution >= 0.6 is 0 Å². The van der Waals surface area contributed by atoms with E-state index in [1.54, 1.807) is 6.92 Å². The highest BCUT2D eigenvalue weighted by atomic mass is 16.5. The van der Waals surface area contributed by atoms with Gasteiger partial charge < -0.3 is 9.53 Å². The first-order valence-corrected chi connectivity index (χ1v) is 4.64. The number of ketones is 2. The molecule has 1 rings (SSSR count). The molecule has 0 aromatic carbocycles. The van der Waals surface area contributed by atoms with Crippen LogP contribution in [-0.4, -0.2) is 25.0 Å². The minimum absolute atomic E-state index is 0.111. The monoisotopic (exact) mass is 208 g/mol. The zero-order valence-corrected chi connectivity index (χ0v) is 8.65. The van der Waals surface area contributed by atoms with Crippen LogP contribution in [0.15, 0.2) is 23.5 Å². The molecule has 4 nitrogen and oxygen atoms in total. The molecule has 1 atom stereocenters. The topological polar surface area (TPSA) is 60.4 Å². The molecule has 80 valence electrons. The largest absolute Gasteiger partial charge is 0.493 e. The van der Waals surface area contributed by atoms with Crippen LogP contribution < -0.4 is 0 Å². The van der Waals surface area contributed by atoms with E-state index in [-0.39, 0.29) is 29.3 Å². The fourth-order valence-electron chi connectivity index (χ4n) is 1.40. The Kier molecular flexibility index (Phi) is 3.55. The molecule has 0 aromatic rings. The first-order chi connectivity index (χ1) is 7.13. The Hall–Kier alpha value is -1.71. The second kappa shape index (κ2) is 4.68. The SMILES string of the molecule is CCC(=O)C1=CC(=O)C(OC)=CC1C=O. The van der Waals surface area contributed by atoms with Gasteiger partial charge in [-0.25, -0.2) is 0 Å². The fourth-order valence-corrected chi connectivity index (χ4v) is 1.40. The van der Waals surface area contributed by atoms with Gasteiger partial charge in [0.05, 0.1) is 13.0 Å². The first kappa shape index (κ1) is 11.4. The number of methoxy groups -OCH3 is 1. The van der Waals surface area contributed by atoms with E-state index in [9.17, 15) is 14.4 Å². The van der Waals surface area contributed by atoms with Crippen LogP contribution in [0.3, 0.4) is 0 Å². The predicted molar refractivity (Wildman–Crippen MR) is 53.0 cm³/mol. The molecule has 0 amide bonds. The van der Waals surface area contributed by atoms with Gasteiger partial charge in [-0.1, -0.05) is 6.92 Å². The van der Waals surface area contributed by atoms with E-state index < -0.39 is 5.92 Å². The normalized spacial score (nSPS) is 20.4. The molecule has 0 spiro atoms. The highest BCUT2D eigenvalue weighted by molar-refractivity contribution is 6.12. The second-order valence-corrected chi connectivity index (χ2v) is 3.14. The molecule has 4 heteroatoms.